The summed E-state index contributed by atoms with van der Waals surface area (Å²) >= 11 is 0. The van der Waals surface area contributed by atoms with Crippen molar-refractivity contribution in [3.8, 4) is 28.8 Å². The monoisotopic (exact) mass is 339 g/mol. The SMILES string of the molecule is COc1ccc(-c2ccc(C#CCNC(=O)OC(C)(C)C)nn2)cc1. The van der Waals surface area contributed by atoms with Crippen molar-refractivity contribution in [1.82, 2.24) is 15.5 Å². The van der Waals surface area contributed by atoms with E-state index < -0.39 is 11.7 Å². The summed E-state index contributed by atoms with van der Waals surface area (Å²) < 4.78 is 10.2. The average molecular weight is 339 g/mol. The third-order valence-electron chi connectivity index (χ3n) is 2.99. The number of hydrogen-bond acceptors (Lipinski definition) is 5. The lowest BCUT2D eigenvalue weighted by Gasteiger charge is -2.18. The van der Waals surface area contributed by atoms with E-state index in [0.29, 0.717) is 5.69 Å². The van der Waals surface area contributed by atoms with Crippen LogP contribution < -0.4 is 10.1 Å². The zero-order valence-electron chi connectivity index (χ0n) is 14.8. The fourth-order valence-corrected chi connectivity index (χ4v) is 1.88. The van der Waals surface area contributed by atoms with E-state index in [0.717, 1.165) is 17.0 Å². The second-order valence-corrected chi connectivity index (χ2v) is 6.19. The lowest BCUT2D eigenvalue weighted by atomic mass is 10.1. The fourth-order valence-electron chi connectivity index (χ4n) is 1.88. The lowest BCUT2D eigenvalue weighted by Crippen LogP contribution is -2.32. The molecule has 0 saturated heterocycles. The van der Waals surface area contributed by atoms with Crippen LogP contribution in [0.25, 0.3) is 11.3 Å². The first-order valence-electron chi connectivity index (χ1n) is 7.81. The average Bonchev–Trinajstić information content (AvgIpc) is 2.58. The third-order valence-corrected chi connectivity index (χ3v) is 2.99. The number of amides is 1. The summed E-state index contributed by atoms with van der Waals surface area (Å²) in [5.74, 6) is 6.45. The van der Waals surface area contributed by atoms with Gasteiger partial charge < -0.3 is 14.8 Å². The van der Waals surface area contributed by atoms with Crippen LogP contribution in [-0.4, -0.2) is 35.5 Å². The number of ether oxygens (including phenoxy) is 2. The van der Waals surface area contributed by atoms with Crippen LogP contribution in [0.2, 0.25) is 0 Å². The summed E-state index contributed by atoms with van der Waals surface area (Å²) in [5, 5.41) is 10.8. The van der Waals surface area contributed by atoms with Crippen LogP contribution in [0.3, 0.4) is 0 Å². The van der Waals surface area contributed by atoms with E-state index in [1.165, 1.54) is 0 Å². The highest BCUT2D eigenvalue weighted by Crippen LogP contribution is 2.19. The number of carbonyl (C=O) groups is 1. The minimum atomic E-state index is -0.528. The van der Waals surface area contributed by atoms with Crippen LogP contribution in [0.5, 0.6) is 5.75 Å². The lowest BCUT2D eigenvalue weighted by molar-refractivity contribution is 0.0535. The van der Waals surface area contributed by atoms with Gasteiger partial charge in [-0.3, -0.25) is 0 Å². The van der Waals surface area contributed by atoms with Gasteiger partial charge in [0.25, 0.3) is 0 Å². The molecule has 1 aromatic heterocycles. The maximum Gasteiger partial charge on any atom is 0.408 e. The molecule has 0 radical (unpaired) electrons. The first-order valence-corrected chi connectivity index (χ1v) is 7.81. The Balaban J connectivity index is 1.91. The number of rotatable bonds is 3. The van der Waals surface area contributed by atoms with Crippen molar-refractivity contribution in [3.05, 3.63) is 42.1 Å². The molecule has 6 heteroatoms. The van der Waals surface area contributed by atoms with Gasteiger partial charge in [-0.15, -0.1) is 10.2 Å². The van der Waals surface area contributed by atoms with E-state index in [-0.39, 0.29) is 6.54 Å². The molecule has 2 rings (SSSR count). The predicted molar refractivity (Wildman–Crippen MR) is 95.1 cm³/mol. The molecule has 0 atom stereocenters. The Morgan fingerprint density at radius 3 is 2.40 bits per heavy atom. The van der Waals surface area contributed by atoms with Gasteiger partial charge in [0, 0.05) is 5.56 Å². The van der Waals surface area contributed by atoms with Gasteiger partial charge in [0.2, 0.25) is 0 Å². The molecule has 0 unspecified atom stereocenters. The molecule has 6 nitrogen and oxygen atoms in total. The van der Waals surface area contributed by atoms with Crippen molar-refractivity contribution in [2.75, 3.05) is 13.7 Å². The molecule has 2 aromatic rings. The quantitative estimate of drug-likeness (QED) is 0.870. The zero-order chi connectivity index (χ0) is 18.3. The Bertz CT molecular complexity index is 767. The van der Waals surface area contributed by atoms with E-state index in [1.54, 1.807) is 33.9 Å². The number of nitrogens with zero attached hydrogens (tertiary/aromatic N) is 2. The van der Waals surface area contributed by atoms with Crippen molar-refractivity contribution < 1.29 is 14.3 Å². The number of carbonyl (C=O) groups excluding carboxylic acids is 1. The molecule has 0 bridgehead atoms. The maximum atomic E-state index is 11.5. The summed E-state index contributed by atoms with van der Waals surface area (Å²) in [4.78, 5) is 11.5. The van der Waals surface area contributed by atoms with Crippen LogP contribution in [0.4, 0.5) is 4.79 Å². The molecule has 0 aliphatic rings. The Morgan fingerprint density at radius 1 is 1.12 bits per heavy atom. The maximum absolute atomic E-state index is 11.5. The number of hydrogen-bond donors (Lipinski definition) is 1. The number of methoxy groups -OCH3 is 1. The summed E-state index contributed by atoms with van der Waals surface area (Å²) in [6.45, 7) is 5.59. The molecule has 25 heavy (non-hydrogen) atoms. The van der Waals surface area contributed by atoms with Gasteiger partial charge in [-0.05, 0) is 63.1 Å². The second-order valence-electron chi connectivity index (χ2n) is 6.19. The van der Waals surface area contributed by atoms with Crippen molar-refractivity contribution in [1.29, 1.82) is 0 Å². The fraction of sp³-hybridized carbons (Fsp3) is 0.316. The van der Waals surface area contributed by atoms with Crippen molar-refractivity contribution in [3.63, 3.8) is 0 Å². The number of aromatic nitrogens is 2. The topological polar surface area (TPSA) is 73.3 Å². The summed E-state index contributed by atoms with van der Waals surface area (Å²) in [6, 6.07) is 11.2. The summed E-state index contributed by atoms with van der Waals surface area (Å²) in [6.07, 6.45) is -0.497. The minimum absolute atomic E-state index is 0.177. The molecule has 1 aromatic carbocycles. The van der Waals surface area contributed by atoms with E-state index in [9.17, 15) is 4.79 Å². The smallest absolute Gasteiger partial charge is 0.408 e. The Hall–Kier alpha value is -3.07. The normalized spacial score (nSPS) is 10.4. The molecule has 1 heterocycles. The van der Waals surface area contributed by atoms with E-state index in [1.807, 2.05) is 30.3 Å². The summed E-state index contributed by atoms with van der Waals surface area (Å²) in [5.41, 5.74) is 1.70. The minimum Gasteiger partial charge on any atom is -0.497 e. The van der Waals surface area contributed by atoms with E-state index >= 15 is 0 Å². The molecule has 0 spiro atoms. The Kier molecular flexibility index (Phi) is 5.96. The third kappa shape index (κ3) is 6.15. The van der Waals surface area contributed by atoms with Gasteiger partial charge in [0.05, 0.1) is 19.3 Å². The van der Waals surface area contributed by atoms with Gasteiger partial charge in [0.1, 0.15) is 17.0 Å². The van der Waals surface area contributed by atoms with Crippen molar-refractivity contribution >= 4 is 6.09 Å². The van der Waals surface area contributed by atoms with E-state index in [2.05, 4.69) is 27.4 Å². The largest absolute Gasteiger partial charge is 0.497 e. The van der Waals surface area contributed by atoms with Crippen LogP contribution in [0, 0.1) is 11.8 Å². The van der Waals surface area contributed by atoms with Crippen LogP contribution in [0.1, 0.15) is 26.5 Å². The molecule has 1 N–H and O–H groups in total. The first kappa shape index (κ1) is 18.3. The second kappa shape index (κ2) is 8.15. The van der Waals surface area contributed by atoms with Gasteiger partial charge in [0.15, 0.2) is 0 Å². The number of alkyl carbamates (subject to hydrolysis) is 1. The highest BCUT2D eigenvalue weighted by Gasteiger charge is 2.14. The molecule has 130 valence electrons. The molecular formula is C19H21N3O3. The Morgan fingerprint density at radius 2 is 1.84 bits per heavy atom. The molecule has 0 saturated carbocycles. The first-order chi connectivity index (χ1) is 11.9. The number of benzene rings is 1. The van der Waals surface area contributed by atoms with E-state index in [4.69, 9.17) is 9.47 Å². The van der Waals surface area contributed by atoms with Crippen molar-refractivity contribution in [2.45, 2.75) is 26.4 Å². The molecule has 0 aliphatic heterocycles. The molecular weight excluding hydrogens is 318 g/mol. The summed E-state index contributed by atoms with van der Waals surface area (Å²) in [7, 11) is 1.62. The Labute approximate surface area is 147 Å². The van der Waals surface area contributed by atoms with Crippen LogP contribution >= 0.6 is 0 Å². The van der Waals surface area contributed by atoms with Crippen molar-refractivity contribution in [2.24, 2.45) is 0 Å². The molecule has 1 amide bonds. The zero-order valence-corrected chi connectivity index (χ0v) is 14.8. The number of nitrogens with one attached hydrogen (secondary N) is 1. The highest BCUT2D eigenvalue weighted by molar-refractivity contribution is 5.68. The van der Waals surface area contributed by atoms with Gasteiger partial charge in [-0.1, -0.05) is 5.92 Å². The molecule has 0 fully saturated rings. The highest BCUT2D eigenvalue weighted by atomic mass is 16.6. The van der Waals surface area contributed by atoms with Gasteiger partial charge in [-0.25, -0.2) is 4.79 Å². The van der Waals surface area contributed by atoms with Crippen LogP contribution in [0.15, 0.2) is 36.4 Å². The standard InChI is InChI=1S/C19H21N3O3/c1-19(2,3)25-18(23)20-13-5-6-15-9-12-17(22-21-15)14-7-10-16(24-4)11-8-14/h7-12H,13H2,1-4H3,(H,20,23). The predicted octanol–water partition coefficient (Wildman–Crippen LogP) is 3.03. The molecule has 0 aliphatic carbocycles. The van der Waals surface area contributed by atoms with Crippen LogP contribution in [-0.2, 0) is 4.74 Å². The van der Waals surface area contributed by atoms with Gasteiger partial charge >= 0.3 is 6.09 Å². The van der Waals surface area contributed by atoms with Gasteiger partial charge in [-0.2, -0.15) is 0 Å².